The fourth-order valence-electron chi connectivity index (χ4n) is 6.26. The number of rotatable bonds is 8. The molecule has 0 radical (unpaired) electrons. The molecule has 4 aliphatic rings. The summed E-state index contributed by atoms with van der Waals surface area (Å²) in [7, 11) is 0. The van der Waals surface area contributed by atoms with Gasteiger partial charge in [-0.15, -0.1) is 0 Å². The maximum absolute atomic E-state index is 14.3. The minimum Gasteiger partial charge on any atom is -0.357 e. The van der Waals surface area contributed by atoms with Crippen LogP contribution in [0.25, 0.3) is 22.3 Å². The predicted molar refractivity (Wildman–Crippen MR) is 137 cm³/mol. The second kappa shape index (κ2) is 8.88. The Bertz CT molecular complexity index is 1420. The summed E-state index contributed by atoms with van der Waals surface area (Å²) >= 11 is 0. The molecule has 37 heavy (non-hydrogen) atoms. The van der Waals surface area contributed by atoms with E-state index in [2.05, 4.69) is 49.4 Å². The van der Waals surface area contributed by atoms with Crippen LogP contribution in [0, 0.1) is 11.8 Å². The Labute approximate surface area is 214 Å². The van der Waals surface area contributed by atoms with Gasteiger partial charge in [0.1, 0.15) is 12.0 Å². The Morgan fingerprint density at radius 1 is 1.19 bits per heavy atom. The van der Waals surface area contributed by atoms with Gasteiger partial charge in [-0.25, -0.2) is 14.1 Å². The normalized spacial score (nSPS) is 25.6. The summed E-state index contributed by atoms with van der Waals surface area (Å²) in [6.45, 7) is 5.03. The van der Waals surface area contributed by atoms with Gasteiger partial charge in [0.15, 0.2) is 5.82 Å². The molecule has 3 saturated carbocycles. The molecule has 4 aromatic rings. The number of hydroxylamine groups is 1. The summed E-state index contributed by atoms with van der Waals surface area (Å²) in [5.74, 6) is 1.62. The van der Waals surface area contributed by atoms with E-state index in [-0.39, 0.29) is 0 Å². The molecule has 1 aliphatic heterocycles. The Kier molecular flexibility index (Phi) is 5.47. The highest BCUT2D eigenvalue weighted by Gasteiger charge is 2.57. The summed E-state index contributed by atoms with van der Waals surface area (Å²) in [4.78, 5) is 22.6. The van der Waals surface area contributed by atoms with Crippen molar-refractivity contribution < 1.29 is 9.23 Å². The zero-order valence-electron chi connectivity index (χ0n) is 20.9. The van der Waals surface area contributed by atoms with Crippen LogP contribution in [0.15, 0.2) is 43.1 Å². The number of aromatic nitrogens is 6. The largest absolute Gasteiger partial charge is 0.357 e. The fraction of sp³-hybridized carbons (Fsp3) is 0.481. The third-order valence-corrected chi connectivity index (χ3v) is 8.22. The van der Waals surface area contributed by atoms with E-state index in [1.54, 1.807) is 23.4 Å². The van der Waals surface area contributed by atoms with Crippen LogP contribution in [0.1, 0.15) is 44.0 Å². The molecule has 0 aromatic carbocycles. The third kappa shape index (κ3) is 4.38. The molecular formula is C27H31FN8O. The standard InChI is InChI=1S/C27H31FN8O/c1-17(24-10-27(28)8-20(24)9-27)30-13-21-5-18-12-31-22(7-25(18)33-21)15-35-16-32-26(34-35)19-6-23(14-29-11-19)36-3-2-4-37-36/h5-7,11-12,14,16-17,20,24,30,33H,2-4,8-10,13,15H2,1H3. The highest BCUT2D eigenvalue weighted by atomic mass is 19.1. The number of hydrogen-bond acceptors (Lipinski definition) is 7. The molecule has 5 heterocycles. The van der Waals surface area contributed by atoms with Gasteiger partial charge in [-0.2, -0.15) is 5.10 Å². The van der Waals surface area contributed by atoms with Gasteiger partial charge in [0, 0.05) is 53.7 Å². The van der Waals surface area contributed by atoms with Gasteiger partial charge < -0.3 is 10.3 Å². The SMILES string of the molecule is CC(NCc1cc2cnc(Cn3cnc(-c4cncc(N5CCCO5)c4)n3)cc2[nH]1)C1CC2(F)CC1C2. The fourth-order valence-corrected chi connectivity index (χ4v) is 6.26. The molecule has 0 amide bonds. The highest BCUT2D eigenvalue weighted by molar-refractivity contribution is 5.79. The van der Waals surface area contributed by atoms with Crippen molar-refractivity contribution in [3.8, 4) is 11.4 Å². The molecule has 2 bridgehead atoms. The van der Waals surface area contributed by atoms with Gasteiger partial charge in [0.05, 0.1) is 30.7 Å². The van der Waals surface area contributed by atoms with E-state index in [4.69, 9.17) is 4.84 Å². The van der Waals surface area contributed by atoms with Crippen LogP contribution in [0.4, 0.5) is 10.1 Å². The second-order valence-electron chi connectivity index (χ2n) is 10.9. The van der Waals surface area contributed by atoms with Crippen molar-refractivity contribution in [1.82, 2.24) is 35.0 Å². The molecule has 3 aliphatic carbocycles. The molecule has 4 aromatic heterocycles. The van der Waals surface area contributed by atoms with Crippen LogP contribution >= 0.6 is 0 Å². The average molecular weight is 503 g/mol. The predicted octanol–water partition coefficient (Wildman–Crippen LogP) is 4.02. The van der Waals surface area contributed by atoms with Crippen molar-refractivity contribution in [3.05, 3.63) is 54.5 Å². The number of hydrogen-bond donors (Lipinski definition) is 2. The molecular weight excluding hydrogens is 471 g/mol. The molecule has 2 unspecified atom stereocenters. The van der Waals surface area contributed by atoms with Crippen LogP contribution in [-0.2, 0) is 17.9 Å². The molecule has 2 N–H and O–H groups in total. The number of alkyl halides is 1. The number of aromatic amines is 1. The summed E-state index contributed by atoms with van der Waals surface area (Å²) in [6, 6.07) is 6.51. The quantitative estimate of drug-likeness (QED) is 0.376. The molecule has 1 saturated heterocycles. The molecule has 0 spiro atoms. The smallest absolute Gasteiger partial charge is 0.182 e. The number of pyridine rings is 2. The number of anilines is 1. The van der Waals surface area contributed by atoms with Crippen LogP contribution in [0.2, 0.25) is 0 Å². The van der Waals surface area contributed by atoms with Gasteiger partial charge in [-0.05, 0) is 62.6 Å². The highest BCUT2D eigenvalue weighted by Crippen LogP contribution is 2.58. The van der Waals surface area contributed by atoms with Crippen LogP contribution < -0.4 is 10.4 Å². The Balaban J connectivity index is 1.01. The summed E-state index contributed by atoms with van der Waals surface area (Å²) < 4.78 is 16.1. The summed E-state index contributed by atoms with van der Waals surface area (Å²) in [5.41, 5.74) is 3.94. The van der Waals surface area contributed by atoms with E-state index in [9.17, 15) is 4.39 Å². The number of fused-ring (bicyclic) bond motifs is 2. The number of nitrogens with zero attached hydrogens (tertiary/aromatic N) is 6. The van der Waals surface area contributed by atoms with Crippen molar-refractivity contribution in [2.45, 2.75) is 57.4 Å². The van der Waals surface area contributed by atoms with E-state index in [1.807, 2.05) is 17.3 Å². The lowest BCUT2D eigenvalue weighted by Crippen LogP contribution is -2.35. The lowest BCUT2D eigenvalue weighted by atomic mass is 9.79. The lowest BCUT2D eigenvalue weighted by molar-refractivity contribution is 0.0728. The topological polar surface area (TPSA) is 96.8 Å². The number of nitrogens with one attached hydrogen (secondary N) is 2. The molecule has 4 fully saturated rings. The first-order valence-electron chi connectivity index (χ1n) is 13.2. The van der Waals surface area contributed by atoms with Crippen molar-refractivity contribution >= 4 is 16.6 Å². The monoisotopic (exact) mass is 502 g/mol. The van der Waals surface area contributed by atoms with Gasteiger partial charge in [0.25, 0.3) is 0 Å². The minimum absolute atomic E-state index is 0.311. The maximum Gasteiger partial charge on any atom is 0.182 e. The molecule has 8 rings (SSSR count). The van der Waals surface area contributed by atoms with Gasteiger partial charge in [0.2, 0.25) is 0 Å². The Morgan fingerprint density at radius 2 is 2.11 bits per heavy atom. The van der Waals surface area contributed by atoms with Crippen molar-refractivity contribution in [1.29, 1.82) is 0 Å². The van der Waals surface area contributed by atoms with E-state index in [0.29, 0.717) is 36.7 Å². The summed E-state index contributed by atoms with van der Waals surface area (Å²) in [5, 5.41) is 11.2. The van der Waals surface area contributed by atoms with Gasteiger partial charge in [-0.3, -0.25) is 19.9 Å². The zero-order chi connectivity index (χ0) is 25.0. The van der Waals surface area contributed by atoms with Gasteiger partial charge in [-0.1, -0.05) is 0 Å². The van der Waals surface area contributed by atoms with Crippen molar-refractivity contribution in [3.63, 3.8) is 0 Å². The third-order valence-electron chi connectivity index (χ3n) is 8.22. The van der Waals surface area contributed by atoms with Crippen LogP contribution in [-0.4, -0.2) is 54.6 Å². The van der Waals surface area contributed by atoms with E-state index >= 15 is 0 Å². The summed E-state index contributed by atoms with van der Waals surface area (Å²) in [6.07, 6.45) is 10.4. The van der Waals surface area contributed by atoms with Crippen LogP contribution in [0.5, 0.6) is 0 Å². The Morgan fingerprint density at radius 3 is 2.92 bits per heavy atom. The first-order valence-corrected chi connectivity index (χ1v) is 13.2. The van der Waals surface area contributed by atoms with Gasteiger partial charge >= 0.3 is 0 Å². The number of H-pyrrole nitrogens is 1. The average Bonchev–Trinajstić information content (AvgIpc) is 3.70. The van der Waals surface area contributed by atoms with E-state index in [0.717, 1.165) is 72.5 Å². The molecule has 9 nitrogen and oxygen atoms in total. The molecule has 2 atom stereocenters. The molecule has 192 valence electrons. The van der Waals surface area contributed by atoms with E-state index < -0.39 is 5.67 Å². The first kappa shape index (κ1) is 22.8. The first-order chi connectivity index (χ1) is 18.0. The zero-order valence-corrected chi connectivity index (χ0v) is 20.9. The second-order valence-corrected chi connectivity index (χ2v) is 10.9. The maximum atomic E-state index is 14.3. The number of halogens is 1. The van der Waals surface area contributed by atoms with Crippen molar-refractivity contribution in [2.75, 3.05) is 18.2 Å². The van der Waals surface area contributed by atoms with Crippen molar-refractivity contribution in [2.24, 2.45) is 11.8 Å². The Hall–Kier alpha value is -3.37. The lowest BCUT2D eigenvalue weighted by Gasteiger charge is -2.31. The minimum atomic E-state index is -0.872. The van der Waals surface area contributed by atoms with Crippen LogP contribution in [0.3, 0.4) is 0 Å². The molecule has 10 heteroatoms. The van der Waals surface area contributed by atoms with E-state index in [1.165, 1.54) is 0 Å².